The van der Waals surface area contributed by atoms with Crippen LogP contribution < -0.4 is 9.64 Å². The summed E-state index contributed by atoms with van der Waals surface area (Å²) in [5.41, 5.74) is 0. The van der Waals surface area contributed by atoms with Crippen LogP contribution in [0.5, 0.6) is 5.88 Å². The van der Waals surface area contributed by atoms with E-state index in [1.807, 2.05) is 11.8 Å². The van der Waals surface area contributed by atoms with Crippen LogP contribution in [-0.4, -0.2) is 78.1 Å². The van der Waals surface area contributed by atoms with Crippen molar-refractivity contribution in [3.63, 3.8) is 0 Å². The molecule has 7 nitrogen and oxygen atoms in total. The standard InChI is InChI=1S/C18H29N5O2/c1-2-25-16-6-8-19-18(20-16)23-14-12-22(13-15-23)17(24)7-11-21-9-4-3-5-10-21/h6,8H,2-5,7,9-15H2,1H3. The van der Waals surface area contributed by atoms with Gasteiger partial charge in [0.25, 0.3) is 0 Å². The molecule has 3 rings (SSSR count). The first-order valence-corrected chi connectivity index (χ1v) is 9.47. The maximum atomic E-state index is 12.5. The van der Waals surface area contributed by atoms with E-state index in [4.69, 9.17) is 4.74 Å². The highest BCUT2D eigenvalue weighted by atomic mass is 16.5. The number of rotatable bonds is 6. The van der Waals surface area contributed by atoms with Crippen LogP contribution >= 0.6 is 0 Å². The van der Waals surface area contributed by atoms with E-state index < -0.39 is 0 Å². The van der Waals surface area contributed by atoms with Gasteiger partial charge in [0.05, 0.1) is 6.61 Å². The lowest BCUT2D eigenvalue weighted by Crippen LogP contribution is -2.49. The topological polar surface area (TPSA) is 61.8 Å². The Labute approximate surface area is 150 Å². The van der Waals surface area contributed by atoms with Gasteiger partial charge in [0.1, 0.15) is 0 Å². The molecule has 0 aromatic carbocycles. The molecular weight excluding hydrogens is 318 g/mol. The van der Waals surface area contributed by atoms with Crippen LogP contribution in [0, 0.1) is 0 Å². The average Bonchev–Trinajstić information content (AvgIpc) is 2.67. The van der Waals surface area contributed by atoms with Crippen LogP contribution in [0.15, 0.2) is 12.3 Å². The molecule has 1 aromatic heterocycles. The predicted octanol–water partition coefficient (Wildman–Crippen LogP) is 1.40. The number of piperazine rings is 1. The summed E-state index contributed by atoms with van der Waals surface area (Å²) in [7, 11) is 0. The third kappa shape index (κ3) is 5.04. The molecule has 0 N–H and O–H groups in total. The van der Waals surface area contributed by atoms with Crippen molar-refractivity contribution in [1.82, 2.24) is 19.8 Å². The Morgan fingerprint density at radius 3 is 2.60 bits per heavy atom. The minimum atomic E-state index is 0.272. The third-order valence-corrected chi connectivity index (χ3v) is 4.92. The molecule has 0 saturated carbocycles. The summed E-state index contributed by atoms with van der Waals surface area (Å²) in [5, 5.41) is 0. The van der Waals surface area contributed by atoms with Crippen LogP contribution in [0.25, 0.3) is 0 Å². The van der Waals surface area contributed by atoms with Crippen LogP contribution in [0.2, 0.25) is 0 Å². The van der Waals surface area contributed by atoms with Crippen molar-refractivity contribution in [2.24, 2.45) is 0 Å². The Hall–Kier alpha value is -1.89. The van der Waals surface area contributed by atoms with Crippen molar-refractivity contribution in [2.75, 3.05) is 57.3 Å². The summed E-state index contributed by atoms with van der Waals surface area (Å²) in [6.45, 7) is 8.74. The van der Waals surface area contributed by atoms with Gasteiger partial charge in [0.15, 0.2) is 0 Å². The average molecular weight is 347 g/mol. The highest BCUT2D eigenvalue weighted by molar-refractivity contribution is 5.76. The minimum Gasteiger partial charge on any atom is -0.478 e. The zero-order valence-corrected chi connectivity index (χ0v) is 15.2. The van der Waals surface area contributed by atoms with Gasteiger partial charge in [0.2, 0.25) is 17.7 Å². The molecule has 138 valence electrons. The smallest absolute Gasteiger partial charge is 0.228 e. The molecule has 0 aliphatic carbocycles. The molecule has 2 fully saturated rings. The number of amides is 1. The Kier molecular flexibility index (Phi) is 6.44. The summed E-state index contributed by atoms with van der Waals surface area (Å²) in [6.07, 6.45) is 6.24. The first kappa shape index (κ1) is 17.9. The molecule has 0 unspecified atom stereocenters. The molecule has 3 heterocycles. The number of hydrogen-bond acceptors (Lipinski definition) is 6. The molecule has 7 heteroatoms. The van der Waals surface area contributed by atoms with Crippen LogP contribution in [-0.2, 0) is 4.79 Å². The fraction of sp³-hybridized carbons (Fsp3) is 0.722. The number of piperidine rings is 1. The molecule has 0 atom stereocenters. The second-order valence-electron chi connectivity index (χ2n) is 6.65. The fourth-order valence-electron chi connectivity index (χ4n) is 3.46. The monoisotopic (exact) mass is 347 g/mol. The number of ether oxygens (including phenoxy) is 1. The van der Waals surface area contributed by atoms with Crippen LogP contribution in [0.1, 0.15) is 32.6 Å². The largest absolute Gasteiger partial charge is 0.478 e. The summed E-state index contributed by atoms with van der Waals surface area (Å²) in [6, 6.07) is 1.77. The summed E-state index contributed by atoms with van der Waals surface area (Å²) in [4.78, 5) is 27.7. The molecule has 1 amide bonds. The second kappa shape index (κ2) is 8.99. The van der Waals surface area contributed by atoms with Crippen LogP contribution in [0.4, 0.5) is 5.95 Å². The maximum absolute atomic E-state index is 12.5. The van der Waals surface area contributed by atoms with Gasteiger partial charge in [-0.2, -0.15) is 4.98 Å². The first-order valence-electron chi connectivity index (χ1n) is 9.47. The maximum Gasteiger partial charge on any atom is 0.228 e. The van der Waals surface area contributed by atoms with Crippen LogP contribution in [0.3, 0.4) is 0 Å². The molecule has 2 aliphatic heterocycles. The van der Waals surface area contributed by atoms with Crippen molar-refractivity contribution in [3.05, 3.63) is 12.3 Å². The number of carbonyl (C=O) groups excluding carboxylic acids is 1. The lowest BCUT2D eigenvalue weighted by Gasteiger charge is -2.35. The van der Waals surface area contributed by atoms with E-state index in [-0.39, 0.29) is 5.91 Å². The number of likely N-dealkylation sites (tertiary alicyclic amines) is 1. The third-order valence-electron chi connectivity index (χ3n) is 4.92. The lowest BCUT2D eigenvalue weighted by molar-refractivity contribution is -0.131. The fourth-order valence-corrected chi connectivity index (χ4v) is 3.46. The predicted molar refractivity (Wildman–Crippen MR) is 96.9 cm³/mol. The van der Waals surface area contributed by atoms with Gasteiger partial charge in [-0.15, -0.1) is 0 Å². The first-order chi connectivity index (χ1) is 12.3. The van der Waals surface area contributed by atoms with Gasteiger partial charge in [-0.25, -0.2) is 4.98 Å². The van der Waals surface area contributed by atoms with Crippen molar-refractivity contribution < 1.29 is 9.53 Å². The van der Waals surface area contributed by atoms with E-state index >= 15 is 0 Å². The number of aromatic nitrogens is 2. The Morgan fingerprint density at radius 2 is 1.88 bits per heavy atom. The quantitative estimate of drug-likeness (QED) is 0.775. The number of anilines is 1. The van der Waals surface area contributed by atoms with Gasteiger partial charge in [-0.05, 0) is 32.9 Å². The van der Waals surface area contributed by atoms with Crippen molar-refractivity contribution >= 4 is 11.9 Å². The van der Waals surface area contributed by atoms with E-state index in [0.717, 1.165) is 45.8 Å². The van der Waals surface area contributed by atoms with E-state index in [1.54, 1.807) is 12.3 Å². The highest BCUT2D eigenvalue weighted by Gasteiger charge is 2.23. The van der Waals surface area contributed by atoms with E-state index in [9.17, 15) is 4.79 Å². The number of carbonyl (C=O) groups is 1. The summed E-state index contributed by atoms with van der Waals surface area (Å²) >= 11 is 0. The highest BCUT2D eigenvalue weighted by Crippen LogP contribution is 2.15. The van der Waals surface area contributed by atoms with Gasteiger partial charge in [-0.1, -0.05) is 6.42 Å². The molecule has 0 spiro atoms. The zero-order valence-electron chi connectivity index (χ0n) is 15.2. The lowest BCUT2D eigenvalue weighted by atomic mass is 10.1. The Balaban J connectivity index is 1.44. The number of hydrogen-bond donors (Lipinski definition) is 0. The Morgan fingerprint density at radius 1 is 1.12 bits per heavy atom. The van der Waals surface area contributed by atoms with E-state index in [0.29, 0.717) is 24.9 Å². The van der Waals surface area contributed by atoms with E-state index in [1.165, 1.54) is 19.3 Å². The number of nitrogens with zero attached hydrogens (tertiary/aromatic N) is 5. The van der Waals surface area contributed by atoms with Crippen molar-refractivity contribution in [3.8, 4) is 5.88 Å². The normalized spacial score (nSPS) is 19.1. The van der Waals surface area contributed by atoms with Gasteiger partial charge >= 0.3 is 0 Å². The molecule has 25 heavy (non-hydrogen) atoms. The molecule has 0 radical (unpaired) electrons. The summed E-state index contributed by atoms with van der Waals surface area (Å²) in [5.74, 6) is 1.56. The minimum absolute atomic E-state index is 0.272. The van der Waals surface area contributed by atoms with Crippen molar-refractivity contribution in [2.45, 2.75) is 32.6 Å². The molecular formula is C18H29N5O2. The second-order valence-corrected chi connectivity index (χ2v) is 6.65. The van der Waals surface area contributed by atoms with Gasteiger partial charge in [-0.3, -0.25) is 4.79 Å². The molecule has 2 saturated heterocycles. The molecule has 2 aliphatic rings. The van der Waals surface area contributed by atoms with E-state index in [2.05, 4.69) is 19.8 Å². The zero-order chi connectivity index (χ0) is 17.5. The molecule has 1 aromatic rings. The van der Waals surface area contributed by atoms with Gasteiger partial charge < -0.3 is 19.4 Å². The SMILES string of the molecule is CCOc1ccnc(N2CCN(C(=O)CCN3CCCCC3)CC2)n1. The Bertz CT molecular complexity index is 554. The molecule has 0 bridgehead atoms. The van der Waals surface area contributed by atoms with Crippen molar-refractivity contribution in [1.29, 1.82) is 0 Å². The summed E-state index contributed by atoms with van der Waals surface area (Å²) < 4.78 is 5.44. The van der Waals surface area contributed by atoms with Gasteiger partial charge in [0, 0.05) is 51.4 Å².